The molecule has 0 aliphatic heterocycles. The van der Waals surface area contributed by atoms with Gasteiger partial charge in [-0.05, 0) is 22.0 Å². The van der Waals surface area contributed by atoms with E-state index in [0.29, 0.717) is 4.47 Å². The Balaban J connectivity index is 3.12. The van der Waals surface area contributed by atoms with E-state index in [2.05, 4.69) is 15.9 Å². The molecule has 18 heavy (non-hydrogen) atoms. The molecule has 0 aromatic heterocycles. The highest BCUT2D eigenvalue weighted by Crippen LogP contribution is 2.33. The van der Waals surface area contributed by atoms with Gasteiger partial charge in [0.15, 0.2) is 5.78 Å². The number of ketones is 1. The average molecular weight is 336 g/mol. The average Bonchev–Trinajstić information content (AvgIpc) is 2.32. The topological polar surface area (TPSA) is 63.6 Å². The molecule has 0 aliphatic rings. The normalized spacial score (nSPS) is 10.5. The Kier molecular flexibility index (Phi) is 5.16. The molecule has 0 atom stereocenters. The first kappa shape index (κ1) is 15.0. The van der Waals surface area contributed by atoms with E-state index in [4.69, 9.17) is 16.3 Å². The third-order valence-corrected chi connectivity index (χ3v) is 3.01. The number of carbonyl (C=O) groups is 2. The quantitative estimate of drug-likeness (QED) is 0.397. The van der Waals surface area contributed by atoms with Crippen LogP contribution in [0, 0.1) is 5.92 Å². The number of benzene rings is 1. The van der Waals surface area contributed by atoms with E-state index in [9.17, 15) is 14.7 Å². The summed E-state index contributed by atoms with van der Waals surface area (Å²) in [6, 6.07) is 2.64. The van der Waals surface area contributed by atoms with Crippen molar-refractivity contribution in [1.29, 1.82) is 0 Å². The van der Waals surface area contributed by atoms with Crippen LogP contribution in [0.4, 0.5) is 0 Å². The maximum Gasteiger partial charge on any atom is 0.326 e. The van der Waals surface area contributed by atoms with Gasteiger partial charge in [0.2, 0.25) is 0 Å². The summed E-state index contributed by atoms with van der Waals surface area (Å²) < 4.78 is 5.29. The molecule has 0 aliphatic carbocycles. The lowest BCUT2D eigenvalue weighted by Crippen LogP contribution is -2.11. The van der Waals surface area contributed by atoms with E-state index in [-0.39, 0.29) is 34.6 Å². The number of halogens is 2. The van der Waals surface area contributed by atoms with Gasteiger partial charge in [-0.15, -0.1) is 11.6 Å². The lowest BCUT2D eigenvalue weighted by molar-refractivity contribution is -0.131. The summed E-state index contributed by atoms with van der Waals surface area (Å²) in [4.78, 5) is 22.8. The van der Waals surface area contributed by atoms with Gasteiger partial charge in [-0.25, -0.2) is 0 Å². The lowest BCUT2D eigenvalue weighted by Gasteiger charge is -2.10. The number of phenols is 1. The second kappa shape index (κ2) is 6.20. The Hall–Kier alpha value is -1.07. The maximum atomic E-state index is 11.8. The van der Waals surface area contributed by atoms with Crippen LogP contribution in [0.25, 0.3) is 0 Å². The van der Waals surface area contributed by atoms with E-state index in [1.165, 1.54) is 12.1 Å². The summed E-state index contributed by atoms with van der Waals surface area (Å²) in [6.45, 7) is 3.47. The van der Waals surface area contributed by atoms with Crippen LogP contribution in [0.15, 0.2) is 16.6 Å². The van der Waals surface area contributed by atoms with E-state index in [1.54, 1.807) is 13.8 Å². The minimum Gasteiger partial charge on any atom is -0.507 e. The van der Waals surface area contributed by atoms with Crippen molar-refractivity contribution in [3.63, 3.8) is 0 Å². The Morgan fingerprint density at radius 3 is 2.56 bits per heavy atom. The smallest absolute Gasteiger partial charge is 0.326 e. The molecule has 0 amide bonds. The van der Waals surface area contributed by atoms with E-state index < -0.39 is 5.97 Å². The fraction of sp³-hybridized carbons (Fsp3) is 0.333. The molecule has 0 unspecified atom stereocenters. The van der Waals surface area contributed by atoms with Crippen molar-refractivity contribution in [3.8, 4) is 11.5 Å². The van der Waals surface area contributed by atoms with Gasteiger partial charge in [0.05, 0.1) is 10.0 Å². The van der Waals surface area contributed by atoms with Crippen LogP contribution in [-0.4, -0.2) is 22.7 Å². The number of aromatic hydroxyl groups is 1. The minimum atomic E-state index is -0.639. The highest BCUT2D eigenvalue weighted by molar-refractivity contribution is 9.10. The largest absolute Gasteiger partial charge is 0.507 e. The van der Waals surface area contributed by atoms with Crippen molar-refractivity contribution in [2.75, 3.05) is 5.88 Å². The summed E-state index contributed by atoms with van der Waals surface area (Å²) in [5.41, 5.74) is 0.183. The van der Waals surface area contributed by atoms with Gasteiger partial charge < -0.3 is 9.84 Å². The molecule has 0 spiro atoms. The van der Waals surface area contributed by atoms with Crippen LogP contribution >= 0.6 is 27.5 Å². The van der Waals surface area contributed by atoms with Gasteiger partial charge in [-0.3, -0.25) is 9.59 Å². The molecule has 0 fully saturated rings. The second-order valence-corrected chi connectivity index (χ2v) is 5.05. The van der Waals surface area contributed by atoms with Crippen molar-refractivity contribution in [3.05, 3.63) is 22.2 Å². The van der Waals surface area contributed by atoms with Crippen molar-refractivity contribution < 1.29 is 19.4 Å². The lowest BCUT2D eigenvalue weighted by atomic mass is 10.0. The van der Waals surface area contributed by atoms with E-state index in [1.807, 2.05) is 0 Å². The van der Waals surface area contributed by atoms with Gasteiger partial charge in [0.25, 0.3) is 0 Å². The molecular formula is C12H12BrClO4. The van der Waals surface area contributed by atoms with Crippen molar-refractivity contribution in [1.82, 2.24) is 0 Å². The Bertz CT molecular complexity index is 485. The van der Waals surface area contributed by atoms with Crippen molar-refractivity contribution >= 4 is 39.3 Å². The number of hydrogen-bond donors (Lipinski definition) is 1. The van der Waals surface area contributed by atoms with Crippen LogP contribution in [0.5, 0.6) is 11.5 Å². The van der Waals surface area contributed by atoms with Gasteiger partial charge in [-0.2, -0.15) is 0 Å². The Morgan fingerprint density at radius 1 is 1.44 bits per heavy atom. The highest BCUT2D eigenvalue weighted by Gasteiger charge is 2.18. The highest BCUT2D eigenvalue weighted by atomic mass is 79.9. The van der Waals surface area contributed by atoms with E-state index >= 15 is 0 Å². The fourth-order valence-electron chi connectivity index (χ4n) is 1.28. The SMILES string of the molecule is CC(C)C(=O)c1cc(Br)c(OC(=O)CCl)cc1O. The summed E-state index contributed by atoms with van der Waals surface area (Å²) in [7, 11) is 0. The Morgan fingerprint density at radius 2 is 2.06 bits per heavy atom. The summed E-state index contributed by atoms with van der Waals surface area (Å²) in [6.07, 6.45) is 0. The van der Waals surface area contributed by atoms with Crippen LogP contribution in [0.1, 0.15) is 24.2 Å². The molecule has 1 rings (SSSR count). The summed E-state index contributed by atoms with van der Waals surface area (Å²) in [5, 5.41) is 9.75. The maximum absolute atomic E-state index is 11.8. The molecule has 0 bridgehead atoms. The zero-order valence-corrected chi connectivity index (χ0v) is 12.2. The molecule has 1 aromatic carbocycles. The summed E-state index contributed by atoms with van der Waals surface area (Å²) >= 11 is 8.48. The van der Waals surface area contributed by atoms with Crippen molar-refractivity contribution in [2.45, 2.75) is 13.8 Å². The molecule has 98 valence electrons. The molecule has 1 aromatic rings. The number of rotatable bonds is 4. The monoisotopic (exact) mass is 334 g/mol. The molecule has 0 heterocycles. The number of carbonyl (C=O) groups excluding carboxylic acids is 2. The summed E-state index contributed by atoms with van der Waals surface area (Å²) in [5.74, 6) is -1.46. The molecule has 0 radical (unpaired) electrons. The molecule has 1 N–H and O–H groups in total. The van der Waals surface area contributed by atoms with Crippen LogP contribution in [-0.2, 0) is 4.79 Å². The standard InChI is InChI=1S/C12H12BrClO4/c1-6(2)12(17)7-3-8(13)10(4-9(7)15)18-11(16)5-14/h3-4,6,15H,5H2,1-2H3. The van der Waals surface area contributed by atoms with Gasteiger partial charge in [0.1, 0.15) is 17.4 Å². The molecule has 0 saturated carbocycles. The number of Topliss-reactive ketones (excluding diaryl/α,β-unsaturated/α-hetero) is 1. The number of hydrogen-bond acceptors (Lipinski definition) is 4. The minimum absolute atomic E-state index is 0.124. The van der Waals surface area contributed by atoms with Gasteiger partial charge in [0, 0.05) is 12.0 Å². The first-order chi connectivity index (χ1) is 8.36. The van der Waals surface area contributed by atoms with Crippen LogP contribution < -0.4 is 4.74 Å². The predicted octanol–water partition coefficient (Wildman–Crippen LogP) is 3.14. The number of ether oxygens (including phenoxy) is 1. The molecule has 0 saturated heterocycles. The Labute approximate surface area is 118 Å². The van der Waals surface area contributed by atoms with Crippen molar-refractivity contribution in [2.24, 2.45) is 5.92 Å². The number of esters is 1. The number of phenolic OH excluding ortho intramolecular Hbond substituents is 1. The second-order valence-electron chi connectivity index (χ2n) is 3.93. The van der Waals surface area contributed by atoms with Gasteiger partial charge >= 0.3 is 5.97 Å². The fourth-order valence-corrected chi connectivity index (χ4v) is 1.76. The molecular weight excluding hydrogens is 323 g/mol. The molecule has 4 nitrogen and oxygen atoms in total. The van der Waals surface area contributed by atoms with Crippen LogP contribution in [0.2, 0.25) is 0 Å². The van der Waals surface area contributed by atoms with E-state index in [0.717, 1.165) is 0 Å². The van der Waals surface area contributed by atoms with Gasteiger partial charge in [-0.1, -0.05) is 13.8 Å². The zero-order chi connectivity index (χ0) is 13.9. The molecule has 6 heteroatoms. The zero-order valence-electron chi connectivity index (χ0n) is 9.87. The first-order valence-corrected chi connectivity index (χ1v) is 6.53. The third kappa shape index (κ3) is 3.46. The third-order valence-electron chi connectivity index (χ3n) is 2.17. The number of alkyl halides is 1. The van der Waals surface area contributed by atoms with Crippen LogP contribution in [0.3, 0.4) is 0 Å². The first-order valence-electron chi connectivity index (χ1n) is 5.20. The predicted molar refractivity (Wildman–Crippen MR) is 71.3 cm³/mol.